The molecular weight excluding hydrogens is 283 g/mol. The number of carbonyl (C=O) groups is 1. The Morgan fingerprint density at radius 2 is 1.95 bits per heavy atom. The van der Waals surface area contributed by atoms with Crippen molar-refractivity contribution in [2.75, 3.05) is 5.32 Å². The van der Waals surface area contributed by atoms with Crippen molar-refractivity contribution in [2.24, 2.45) is 0 Å². The molecule has 1 aliphatic rings. The minimum absolute atomic E-state index is 0.288. The fourth-order valence-corrected chi connectivity index (χ4v) is 3.02. The Morgan fingerprint density at radius 3 is 2.64 bits per heavy atom. The Kier molecular flexibility index (Phi) is 4.00. The zero-order valence-corrected chi connectivity index (χ0v) is 12.1. The quantitative estimate of drug-likeness (QED) is 0.914. The van der Waals surface area contributed by atoms with Crippen LogP contribution in [0.15, 0.2) is 42.9 Å². The Balaban J connectivity index is 1.80. The number of carbonyl (C=O) groups excluding carboxylic acids is 1. The molecule has 0 spiro atoms. The second-order valence-electron chi connectivity index (χ2n) is 5.44. The highest BCUT2D eigenvalue weighted by Crippen LogP contribution is 2.39. The lowest BCUT2D eigenvalue weighted by atomic mass is 9.88. The minimum Gasteiger partial charge on any atom is -0.328 e. The maximum Gasteiger partial charge on any atom is 0.321 e. The predicted octanol–water partition coefficient (Wildman–Crippen LogP) is 3.21. The second-order valence-corrected chi connectivity index (χ2v) is 5.44. The van der Waals surface area contributed by atoms with Crippen LogP contribution in [0.2, 0.25) is 0 Å². The zero-order chi connectivity index (χ0) is 15.4. The Bertz CT molecular complexity index is 656. The second kappa shape index (κ2) is 6.09. The summed E-state index contributed by atoms with van der Waals surface area (Å²) in [7, 11) is 0. The lowest BCUT2D eigenvalue weighted by Crippen LogP contribution is -2.46. The van der Waals surface area contributed by atoms with Crippen molar-refractivity contribution < 1.29 is 9.18 Å². The van der Waals surface area contributed by atoms with Gasteiger partial charge in [-0.3, -0.25) is 10.3 Å². The van der Waals surface area contributed by atoms with Gasteiger partial charge in [0.05, 0.1) is 11.7 Å². The number of anilines is 1. The molecule has 0 atom stereocenters. The standard InChI is InChI=1S/C16H17FN4O/c17-13-6-2-1-5-12(13)16(7-3-4-8-16)21-15(22)20-14-11-18-9-10-19-14/h1-2,5-6,9-11H,3-4,7-8H2,(H2,19,20,21,22). The highest BCUT2D eigenvalue weighted by Gasteiger charge is 2.39. The van der Waals surface area contributed by atoms with Crippen LogP contribution in [0.25, 0.3) is 0 Å². The van der Waals surface area contributed by atoms with Gasteiger partial charge in [-0.05, 0) is 18.9 Å². The van der Waals surface area contributed by atoms with Crippen LogP contribution in [0.3, 0.4) is 0 Å². The van der Waals surface area contributed by atoms with E-state index >= 15 is 0 Å². The molecule has 0 saturated heterocycles. The van der Waals surface area contributed by atoms with Crippen LogP contribution in [0, 0.1) is 5.82 Å². The summed E-state index contributed by atoms with van der Waals surface area (Å²) in [5, 5.41) is 5.58. The molecule has 22 heavy (non-hydrogen) atoms. The highest BCUT2D eigenvalue weighted by molar-refractivity contribution is 5.88. The molecule has 0 radical (unpaired) electrons. The van der Waals surface area contributed by atoms with Crippen molar-refractivity contribution in [3.63, 3.8) is 0 Å². The topological polar surface area (TPSA) is 66.9 Å². The molecule has 1 aliphatic carbocycles. The number of rotatable bonds is 3. The van der Waals surface area contributed by atoms with Crippen LogP contribution < -0.4 is 10.6 Å². The molecule has 3 rings (SSSR count). The van der Waals surface area contributed by atoms with E-state index < -0.39 is 11.6 Å². The van der Waals surface area contributed by atoms with E-state index in [0.717, 1.165) is 25.7 Å². The fraction of sp³-hybridized carbons (Fsp3) is 0.312. The molecule has 1 heterocycles. The van der Waals surface area contributed by atoms with Crippen LogP contribution >= 0.6 is 0 Å². The van der Waals surface area contributed by atoms with E-state index in [0.29, 0.717) is 11.4 Å². The molecule has 0 unspecified atom stereocenters. The zero-order valence-electron chi connectivity index (χ0n) is 12.1. The molecule has 2 N–H and O–H groups in total. The predicted molar refractivity (Wildman–Crippen MR) is 80.7 cm³/mol. The van der Waals surface area contributed by atoms with Crippen LogP contribution in [-0.4, -0.2) is 16.0 Å². The van der Waals surface area contributed by atoms with Crippen molar-refractivity contribution in [1.82, 2.24) is 15.3 Å². The molecule has 1 fully saturated rings. The number of aromatic nitrogens is 2. The number of benzene rings is 1. The Morgan fingerprint density at radius 1 is 1.18 bits per heavy atom. The molecule has 114 valence electrons. The van der Waals surface area contributed by atoms with E-state index in [-0.39, 0.29) is 5.82 Å². The number of nitrogens with one attached hydrogen (secondary N) is 2. The Labute approximate surface area is 128 Å². The van der Waals surface area contributed by atoms with Crippen molar-refractivity contribution in [3.05, 3.63) is 54.2 Å². The van der Waals surface area contributed by atoms with Crippen molar-refractivity contribution in [1.29, 1.82) is 0 Å². The van der Waals surface area contributed by atoms with Gasteiger partial charge in [0.25, 0.3) is 0 Å². The summed E-state index contributed by atoms with van der Waals surface area (Å²) in [6.07, 6.45) is 7.85. The molecule has 1 aromatic heterocycles. The number of hydrogen-bond donors (Lipinski definition) is 2. The molecule has 2 amide bonds. The first-order valence-corrected chi connectivity index (χ1v) is 7.30. The van der Waals surface area contributed by atoms with Gasteiger partial charge in [-0.15, -0.1) is 0 Å². The third-order valence-electron chi connectivity index (χ3n) is 4.00. The average Bonchev–Trinajstić information content (AvgIpc) is 2.98. The van der Waals surface area contributed by atoms with Gasteiger partial charge < -0.3 is 5.32 Å². The van der Waals surface area contributed by atoms with Crippen LogP contribution in [0.1, 0.15) is 31.2 Å². The minimum atomic E-state index is -0.655. The van der Waals surface area contributed by atoms with Gasteiger partial charge >= 0.3 is 6.03 Å². The van der Waals surface area contributed by atoms with Crippen LogP contribution in [0.5, 0.6) is 0 Å². The molecular formula is C16H17FN4O. The molecule has 2 aromatic rings. The largest absolute Gasteiger partial charge is 0.328 e. The fourth-order valence-electron chi connectivity index (χ4n) is 3.02. The van der Waals surface area contributed by atoms with Gasteiger partial charge in [0.15, 0.2) is 5.82 Å². The molecule has 5 nitrogen and oxygen atoms in total. The van der Waals surface area contributed by atoms with Crippen molar-refractivity contribution in [2.45, 2.75) is 31.2 Å². The first-order chi connectivity index (χ1) is 10.7. The van der Waals surface area contributed by atoms with Gasteiger partial charge in [-0.25, -0.2) is 14.2 Å². The SMILES string of the molecule is O=C(Nc1cnccn1)NC1(c2ccccc2F)CCCC1. The van der Waals surface area contributed by atoms with E-state index in [1.165, 1.54) is 24.7 Å². The number of halogens is 1. The highest BCUT2D eigenvalue weighted by atomic mass is 19.1. The van der Waals surface area contributed by atoms with Gasteiger partial charge in [0.2, 0.25) is 0 Å². The van der Waals surface area contributed by atoms with E-state index in [9.17, 15) is 9.18 Å². The number of nitrogens with zero attached hydrogens (tertiary/aromatic N) is 2. The van der Waals surface area contributed by atoms with Gasteiger partial charge in [-0.1, -0.05) is 31.0 Å². The molecule has 0 bridgehead atoms. The van der Waals surface area contributed by atoms with E-state index in [4.69, 9.17) is 0 Å². The lowest BCUT2D eigenvalue weighted by Gasteiger charge is -2.31. The summed E-state index contributed by atoms with van der Waals surface area (Å²) in [4.78, 5) is 20.1. The number of urea groups is 1. The third-order valence-corrected chi connectivity index (χ3v) is 4.00. The van der Waals surface area contributed by atoms with E-state index in [2.05, 4.69) is 20.6 Å². The summed E-state index contributed by atoms with van der Waals surface area (Å²) < 4.78 is 14.2. The molecule has 0 aliphatic heterocycles. The maximum atomic E-state index is 14.2. The van der Waals surface area contributed by atoms with Gasteiger partial charge in [-0.2, -0.15) is 0 Å². The third kappa shape index (κ3) is 2.90. The molecule has 1 saturated carbocycles. The van der Waals surface area contributed by atoms with Gasteiger partial charge in [0, 0.05) is 18.0 Å². The number of amides is 2. The molecule has 6 heteroatoms. The summed E-state index contributed by atoms with van der Waals surface area (Å²) in [6.45, 7) is 0. The number of hydrogen-bond acceptors (Lipinski definition) is 3. The maximum absolute atomic E-state index is 14.2. The van der Waals surface area contributed by atoms with Gasteiger partial charge in [0.1, 0.15) is 5.82 Å². The lowest BCUT2D eigenvalue weighted by molar-refractivity contribution is 0.235. The first-order valence-electron chi connectivity index (χ1n) is 7.30. The van der Waals surface area contributed by atoms with Crippen LogP contribution in [0.4, 0.5) is 15.0 Å². The Hall–Kier alpha value is -2.50. The van der Waals surface area contributed by atoms with Crippen molar-refractivity contribution >= 4 is 11.8 Å². The first kappa shape index (κ1) is 14.4. The smallest absolute Gasteiger partial charge is 0.321 e. The summed E-state index contributed by atoms with van der Waals surface area (Å²) in [6, 6.07) is 6.22. The van der Waals surface area contributed by atoms with Crippen molar-refractivity contribution in [3.8, 4) is 0 Å². The monoisotopic (exact) mass is 300 g/mol. The molecule has 1 aromatic carbocycles. The van der Waals surface area contributed by atoms with Crippen LogP contribution in [-0.2, 0) is 5.54 Å². The van der Waals surface area contributed by atoms with E-state index in [1.54, 1.807) is 18.2 Å². The summed E-state index contributed by atoms with van der Waals surface area (Å²) in [5.41, 5.74) is -0.112. The normalized spacial score (nSPS) is 16.2. The van der Waals surface area contributed by atoms with E-state index in [1.807, 2.05) is 0 Å². The summed E-state index contributed by atoms with van der Waals surface area (Å²) >= 11 is 0. The average molecular weight is 300 g/mol. The summed E-state index contributed by atoms with van der Waals surface area (Å²) in [5.74, 6) is 0.0749.